The number of amides is 5. The lowest BCUT2D eigenvalue weighted by Gasteiger charge is -2.29. The normalized spacial score (nSPS) is 19.4. The van der Waals surface area contributed by atoms with E-state index in [0.29, 0.717) is 28.0 Å². The quantitative estimate of drug-likeness (QED) is 0.239. The van der Waals surface area contributed by atoms with E-state index in [1.54, 1.807) is 47.2 Å². The standard InChI is InChI=1S/C23H21N5O8S/c1-35-15-4-2-12-10-28(20(30)16(12)8-15)11-23(21(31)25-22(32)26-23)18-7-13-6-14(3-5-17(13)36-18)24-9-19(29)27-37(33)34/h2-8,24H,9-11H2,1H3,(H,27,29)(H,33,34)(H2,25,26,31,32)/p-1. The van der Waals surface area contributed by atoms with Crippen molar-refractivity contribution in [3.05, 3.63) is 59.4 Å². The number of carbonyl (C=O) groups excluding carboxylic acids is 4. The van der Waals surface area contributed by atoms with Gasteiger partial charge in [-0.05, 0) is 42.0 Å². The molecule has 5 rings (SSSR count). The number of nitrogens with one attached hydrogen (secondary N) is 4. The largest absolute Gasteiger partial charge is 0.755 e. The summed E-state index contributed by atoms with van der Waals surface area (Å²) in [6.07, 6.45) is 0. The van der Waals surface area contributed by atoms with Crippen molar-refractivity contribution in [3.63, 3.8) is 0 Å². The summed E-state index contributed by atoms with van der Waals surface area (Å²) in [5.74, 6) is -1.10. The molecule has 0 saturated carbocycles. The highest BCUT2D eigenvalue weighted by Crippen LogP contribution is 2.35. The zero-order chi connectivity index (χ0) is 26.3. The molecule has 2 aliphatic heterocycles. The van der Waals surface area contributed by atoms with E-state index in [2.05, 4.69) is 16.0 Å². The van der Waals surface area contributed by atoms with Gasteiger partial charge in [-0.2, -0.15) is 0 Å². The molecule has 37 heavy (non-hydrogen) atoms. The highest BCUT2D eigenvalue weighted by atomic mass is 32.2. The number of rotatable bonds is 8. The summed E-state index contributed by atoms with van der Waals surface area (Å²) in [6, 6.07) is 10.8. The van der Waals surface area contributed by atoms with Crippen LogP contribution in [-0.2, 0) is 32.9 Å². The van der Waals surface area contributed by atoms with Crippen molar-refractivity contribution in [1.82, 2.24) is 20.3 Å². The fraction of sp³-hybridized carbons (Fsp3) is 0.217. The highest BCUT2D eigenvalue weighted by Gasteiger charge is 2.53. The number of fused-ring (bicyclic) bond motifs is 2. The van der Waals surface area contributed by atoms with Gasteiger partial charge in [0.1, 0.15) is 17.1 Å². The van der Waals surface area contributed by atoms with Crippen LogP contribution in [0.15, 0.2) is 46.9 Å². The van der Waals surface area contributed by atoms with Crippen molar-refractivity contribution in [3.8, 4) is 5.75 Å². The Kier molecular flexibility index (Phi) is 6.05. The van der Waals surface area contributed by atoms with Gasteiger partial charge in [0.2, 0.25) is 5.91 Å². The SMILES string of the molecule is COc1ccc2c(c1)C(=O)N(CC1(c3cc4cc(NCC(=O)NS(=O)[O-])ccc4o3)NC(=O)NC1=O)C2. The van der Waals surface area contributed by atoms with E-state index in [9.17, 15) is 27.9 Å². The van der Waals surface area contributed by atoms with E-state index >= 15 is 0 Å². The zero-order valence-electron chi connectivity index (χ0n) is 19.3. The number of benzene rings is 2. The first kappa shape index (κ1) is 24.3. The predicted octanol–water partition coefficient (Wildman–Crippen LogP) is 0.454. The molecule has 1 fully saturated rings. The molecule has 2 aromatic carbocycles. The molecule has 3 heterocycles. The Morgan fingerprint density at radius 3 is 2.73 bits per heavy atom. The molecule has 192 valence electrons. The first-order valence-electron chi connectivity index (χ1n) is 10.9. The molecular formula is C23H20N5O8S-. The molecule has 0 bridgehead atoms. The van der Waals surface area contributed by atoms with Crippen molar-refractivity contribution in [1.29, 1.82) is 0 Å². The number of anilines is 1. The van der Waals surface area contributed by atoms with Crippen molar-refractivity contribution >= 4 is 51.7 Å². The van der Waals surface area contributed by atoms with E-state index in [0.717, 1.165) is 5.56 Å². The molecule has 5 amide bonds. The lowest BCUT2D eigenvalue weighted by atomic mass is 9.95. The molecule has 0 spiro atoms. The van der Waals surface area contributed by atoms with Crippen molar-refractivity contribution in [2.45, 2.75) is 12.1 Å². The monoisotopic (exact) mass is 526 g/mol. The summed E-state index contributed by atoms with van der Waals surface area (Å²) in [5.41, 5.74) is 0.406. The number of ether oxygens (including phenoxy) is 1. The van der Waals surface area contributed by atoms with Gasteiger partial charge < -0.3 is 29.2 Å². The van der Waals surface area contributed by atoms with Gasteiger partial charge in [0.05, 0.1) is 20.2 Å². The number of nitrogens with zero attached hydrogens (tertiary/aromatic N) is 1. The number of furan rings is 1. The van der Waals surface area contributed by atoms with E-state index in [4.69, 9.17) is 9.15 Å². The average molecular weight is 527 g/mol. The van der Waals surface area contributed by atoms with Crippen LogP contribution in [0.1, 0.15) is 21.7 Å². The molecule has 0 radical (unpaired) electrons. The highest BCUT2D eigenvalue weighted by molar-refractivity contribution is 7.77. The summed E-state index contributed by atoms with van der Waals surface area (Å²) in [5, 5.41) is 8.18. The van der Waals surface area contributed by atoms with Gasteiger partial charge in [-0.3, -0.25) is 28.6 Å². The van der Waals surface area contributed by atoms with E-state index < -0.39 is 34.7 Å². The number of hydrogen-bond acceptors (Lipinski definition) is 9. The van der Waals surface area contributed by atoms with Gasteiger partial charge in [0.15, 0.2) is 5.54 Å². The van der Waals surface area contributed by atoms with Crippen LogP contribution in [0.4, 0.5) is 10.5 Å². The Bertz CT molecular complexity index is 1490. The van der Waals surface area contributed by atoms with Gasteiger partial charge in [0.25, 0.3) is 11.8 Å². The summed E-state index contributed by atoms with van der Waals surface area (Å²) in [6.45, 7) is -0.250. The third-order valence-corrected chi connectivity index (χ3v) is 6.55. The number of carbonyl (C=O) groups is 4. The maximum absolute atomic E-state index is 13.1. The van der Waals surface area contributed by atoms with E-state index in [1.165, 1.54) is 12.0 Å². The minimum absolute atomic E-state index is 0.115. The van der Waals surface area contributed by atoms with Crippen molar-refractivity contribution < 1.29 is 37.1 Å². The third kappa shape index (κ3) is 4.47. The summed E-state index contributed by atoms with van der Waals surface area (Å²) < 4.78 is 34.0. The molecule has 1 aromatic heterocycles. The first-order chi connectivity index (χ1) is 17.7. The Morgan fingerprint density at radius 1 is 1.22 bits per heavy atom. The second-order valence-electron chi connectivity index (χ2n) is 8.47. The van der Waals surface area contributed by atoms with E-state index in [-0.39, 0.29) is 31.3 Å². The van der Waals surface area contributed by atoms with Crippen LogP contribution in [0.3, 0.4) is 0 Å². The zero-order valence-corrected chi connectivity index (χ0v) is 20.1. The van der Waals surface area contributed by atoms with Gasteiger partial charge in [0, 0.05) is 34.4 Å². The van der Waals surface area contributed by atoms with Gasteiger partial charge in [-0.25, -0.2) is 4.79 Å². The molecule has 14 heteroatoms. The average Bonchev–Trinajstić information content (AvgIpc) is 3.50. The molecule has 0 aliphatic carbocycles. The van der Waals surface area contributed by atoms with Crippen LogP contribution >= 0.6 is 0 Å². The van der Waals surface area contributed by atoms with Crippen LogP contribution in [0.2, 0.25) is 0 Å². The lowest BCUT2D eigenvalue weighted by Crippen LogP contribution is -2.52. The van der Waals surface area contributed by atoms with E-state index in [1.807, 2.05) is 0 Å². The topological polar surface area (TPSA) is 182 Å². The van der Waals surface area contributed by atoms with Crippen LogP contribution in [-0.4, -0.2) is 57.6 Å². The lowest BCUT2D eigenvalue weighted by molar-refractivity contribution is -0.125. The second kappa shape index (κ2) is 9.22. The molecule has 1 saturated heterocycles. The van der Waals surface area contributed by atoms with Crippen LogP contribution in [0.5, 0.6) is 5.75 Å². The number of methoxy groups -OCH3 is 1. The molecule has 2 atom stereocenters. The minimum atomic E-state index is -2.72. The minimum Gasteiger partial charge on any atom is -0.755 e. The maximum Gasteiger partial charge on any atom is 0.322 e. The molecule has 2 unspecified atom stereocenters. The Labute approximate surface area is 211 Å². The summed E-state index contributed by atoms with van der Waals surface area (Å²) in [7, 11) is 1.50. The Morgan fingerprint density at radius 2 is 2.03 bits per heavy atom. The first-order valence-corrected chi connectivity index (χ1v) is 12.0. The van der Waals surface area contributed by atoms with Crippen LogP contribution in [0.25, 0.3) is 11.0 Å². The molecule has 2 aliphatic rings. The molecule has 3 aromatic rings. The third-order valence-electron chi connectivity index (χ3n) is 6.15. The van der Waals surface area contributed by atoms with Gasteiger partial charge in [-0.1, -0.05) is 6.07 Å². The summed E-state index contributed by atoms with van der Waals surface area (Å²) >= 11 is -2.72. The fourth-order valence-electron chi connectivity index (χ4n) is 4.41. The Hall–Kier alpha value is -4.43. The van der Waals surface area contributed by atoms with Crippen LogP contribution in [0, 0.1) is 0 Å². The molecular weight excluding hydrogens is 506 g/mol. The maximum atomic E-state index is 13.1. The number of hydrogen-bond donors (Lipinski definition) is 4. The second-order valence-corrected chi connectivity index (χ2v) is 9.15. The number of imide groups is 1. The van der Waals surface area contributed by atoms with Crippen molar-refractivity contribution in [2.24, 2.45) is 0 Å². The summed E-state index contributed by atoms with van der Waals surface area (Å²) in [4.78, 5) is 51.4. The van der Waals surface area contributed by atoms with Gasteiger partial charge >= 0.3 is 6.03 Å². The fourth-order valence-corrected chi connectivity index (χ4v) is 4.67. The Balaban J connectivity index is 1.43. The molecule has 13 nitrogen and oxygen atoms in total. The smallest absolute Gasteiger partial charge is 0.322 e. The van der Waals surface area contributed by atoms with Gasteiger partial charge in [-0.15, -0.1) is 0 Å². The van der Waals surface area contributed by atoms with Crippen LogP contribution < -0.4 is 25.4 Å². The predicted molar refractivity (Wildman–Crippen MR) is 128 cm³/mol. The van der Waals surface area contributed by atoms with Crippen molar-refractivity contribution in [2.75, 3.05) is 25.5 Å². The number of urea groups is 1. The molecule has 4 N–H and O–H groups in total.